The molecule has 0 spiro atoms. The van der Waals surface area contributed by atoms with Crippen molar-refractivity contribution in [2.45, 2.75) is 24.1 Å². The normalized spacial score (nSPS) is 19.1. The first-order chi connectivity index (χ1) is 9.13. The standard InChI is InChI=1S/C14H18ClNO2S/c1-18-14(17)13(11-4-2-3-5-12(11)15)16-8-6-10(19)7-9-16/h2-5,10,13,19H,6-9H2,1H3. The first-order valence-electron chi connectivity index (χ1n) is 6.38. The summed E-state index contributed by atoms with van der Waals surface area (Å²) in [6.07, 6.45) is 1.95. The quantitative estimate of drug-likeness (QED) is 0.687. The van der Waals surface area contributed by atoms with E-state index in [0.717, 1.165) is 31.5 Å². The number of carbonyl (C=O) groups is 1. The maximum atomic E-state index is 12.1. The Balaban J connectivity index is 2.26. The molecule has 3 nitrogen and oxygen atoms in total. The molecule has 5 heteroatoms. The summed E-state index contributed by atoms with van der Waals surface area (Å²) >= 11 is 10.7. The number of nitrogens with zero attached hydrogens (tertiary/aromatic N) is 1. The molecule has 2 rings (SSSR count). The van der Waals surface area contributed by atoms with Gasteiger partial charge in [0.1, 0.15) is 6.04 Å². The lowest BCUT2D eigenvalue weighted by atomic mass is 10.0. The van der Waals surface area contributed by atoms with Crippen molar-refractivity contribution in [3.63, 3.8) is 0 Å². The number of rotatable bonds is 3. The van der Waals surface area contributed by atoms with Gasteiger partial charge < -0.3 is 4.74 Å². The summed E-state index contributed by atoms with van der Waals surface area (Å²) in [6.45, 7) is 1.66. The van der Waals surface area contributed by atoms with Crippen LogP contribution in [0.3, 0.4) is 0 Å². The molecule has 1 aromatic carbocycles. The van der Waals surface area contributed by atoms with Gasteiger partial charge in [-0.25, -0.2) is 4.79 Å². The Morgan fingerprint density at radius 3 is 2.63 bits per heavy atom. The Morgan fingerprint density at radius 1 is 1.42 bits per heavy atom. The number of benzene rings is 1. The third-order valence-electron chi connectivity index (χ3n) is 3.49. The average Bonchev–Trinajstić information content (AvgIpc) is 2.43. The predicted octanol–water partition coefficient (Wildman–Crippen LogP) is 2.95. The number of carbonyl (C=O) groups excluding carboxylic acids is 1. The van der Waals surface area contributed by atoms with Crippen LogP contribution in [0.4, 0.5) is 0 Å². The number of halogens is 1. The minimum Gasteiger partial charge on any atom is -0.468 e. The molecule has 0 amide bonds. The third kappa shape index (κ3) is 3.44. The lowest BCUT2D eigenvalue weighted by Crippen LogP contribution is -2.41. The fourth-order valence-electron chi connectivity index (χ4n) is 2.43. The largest absolute Gasteiger partial charge is 0.468 e. The fourth-order valence-corrected chi connectivity index (χ4v) is 2.90. The van der Waals surface area contributed by atoms with Gasteiger partial charge in [0.2, 0.25) is 0 Å². The van der Waals surface area contributed by atoms with Crippen LogP contribution in [0.5, 0.6) is 0 Å². The highest BCUT2D eigenvalue weighted by Gasteiger charge is 2.32. The second-order valence-corrected chi connectivity index (χ2v) is 5.85. The van der Waals surface area contributed by atoms with Gasteiger partial charge in [-0.2, -0.15) is 12.6 Å². The van der Waals surface area contributed by atoms with E-state index in [9.17, 15) is 4.79 Å². The van der Waals surface area contributed by atoms with E-state index in [1.165, 1.54) is 7.11 Å². The molecule has 1 aliphatic heterocycles. The minimum atomic E-state index is -0.417. The van der Waals surface area contributed by atoms with Gasteiger partial charge in [0.15, 0.2) is 0 Å². The number of methoxy groups -OCH3 is 1. The van der Waals surface area contributed by atoms with Crippen molar-refractivity contribution in [1.29, 1.82) is 0 Å². The minimum absolute atomic E-state index is 0.259. The smallest absolute Gasteiger partial charge is 0.327 e. The highest BCUT2D eigenvalue weighted by molar-refractivity contribution is 7.80. The third-order valence-corrected chi connectivity index (χ3v) is 4.35. The number of hydrogen-bond donors (Lipinski definition) is 1. The van der Waals surface area contributed by atoms with Crippen LogP contribution in [-0.4, -0.2) is 36.3 Å². The Morgan fingerprint density at radius 2 is 2.05 bits per heavy atom. The van der Waals surface area contributed by atoms with Crippen LogP contribution >= 0.6 is 24.2 Å². The second-order valence-electron chi connectivity index (χ2n) is 4.71. The maximum Gasteiger partial charge on any atom is 0.327 e. The van der Waals surface area contributed by atoms with Crippen molar-refractivity contribution < 1.29 is 9.53 Å². The Labute approximate surface area is 124 Å². The van der Waals surface area contributed by atoms with Gasteiger partial charge in [0.25, 0.3) is 0 Å². The number of piperidine rings is 1. The van der Waals surface area contributed by atoms with Crippen LogP contribution in [0.2, 0.25) is 5.02 Å². The number of likely N-dealkylation sites (tertiary alicyclic amines) is 1. The highest BCUT2D eigenvalue weighted by atomic mass is 35.5. The molecule has 1 unspecified atom stereocenters. The molecular weight excluding hydrogens is 282 g/mol. The molecule has 1 aliphatic rings. The molecule has 19 heavy (non-hydrogen) atoms. The fraction of sp³-hybridized carbons (Fsp3) is 0.500. The van der Waals surface area contributed by atoms with E-state index in [-0.39, 0.29) is 5.97 Å². The zero-order valence-corrected chi connectivity index (χ0v) is 12.5. The lowest BCUT2D eigenvalue weighted by Gasteiger charge is -2.35. The topological polar surface area (TPSA) is 29.5 Å². The number of thiol groups is 1. The van der Waals surface area contributed by atoms with E-state index < -0.39 is 6.04 Å². The maximum absolute atomic E-state index is 12.1. The monoisotopic (exact) mass is 299 g/mol. The Hall–Kier alpha value is -0.710. The Kier molecular flexibility index (Phi) is 5.13. The molecule has 0 bridgehead atoms. The van der Waals surface area contributed by atoms with Crippen molar-refractivity contribution in [2.24, 2.45) is 0 Å². The van der Waals surface area contributed by atoms with Crippen molar-refractivity contribution in [3.05, 3.63) is 34.9 Å². The summed E-state index contributed by atoms with van der Waals surface area (Å²) < 4.78 is 4.94. The Bertz CT molecular complexity index is 447. The van der Waals surface area contributed by atoms with Crippen LogP contribution < -0.4 is 0 Å². The van der Waals surface area contributed by atoms with Gasteiger partial charge in [-0.15, -0.1) is 0 Å². The van der Waals surface area contributed by atoms with E-state index in [1.807, 2.05) is 18.2 Å². The molecule has 1 atom stereocenters. The van der Waals surface area contributed by atoms with Crippen LogP contribution in [-0.2, 0) is 9.53 Å². The average molecular weight is 300 g/mol. The predicted molar refractivity (Wildman–Crippen MR) is 79.8 cm³/mol. The molecule has 1 heterocycles. The van der Waals surface area contributed by atoms with Crippen molar-refractivity contribution in [1.82, 2.24) is 4.90 Å². The molecule has 0 N–H and O–H groups in total. The summed E-state index contributed by atoms with van der Waals surface area (Å²) in [7, 11) is 1.41. The molecule has 0 aromatic heterocycles. The van der Waals surface area contributed by atoms with Gasteiger partial charge >= 0.3 is 5.97 Å². The zero-order valence-electron chi connectivity index (χ0n) is 10.9. The molecule has 1 saturated heterocycles. The number of hydrogen-bond acceptors (Lipinski definition) is 4. The van der Waals surface area contributed by atoms with E-state index in [4.69, 9.17) is 16.3 Å². The molecule has 104 valence electrons. The van der Waals surface area contributed by atoms with Gasteiger partial charge in [-0.3, -0.25) is 4.90 Å². The second kappa shape index (κ2) is 6.64. The van der Waals surface area contributed by atoms with Gasteiger partial charge in [-0.05, 0) is 24.5 Å². The summed E-state index contributed by atoms with van der Waals surface area (Å²) in [5.74, 6) is -0.259. The van der Waals surface area contributed by atoms with Crippen molar-refractivity contribution >= 4 is 30.2 Å². The van der Waals surface area contributed by atoms with Crippen LogP contribution in [0.25, 0.3) is 0 Å². The van der Waals surface area contributed by atoms with E-state index >= 15 is 0 Å². The zero-order chi connectivity index (χ0) is 13.8. The van der Waals surface area contributed by atoms with Gasteiger partial charge in [0.05, 0.1) is 7.11 Å². The lowest BCUT2D eigenvalue weighted by molar-refractivity contribution is -0.147. The molecule has 0 aliphatic carbocycles. The van der Waals surface area contributed by atoms with Crippen LogP contribution in [0, 0.1) is 0 Å². The molecule has 1 fully saturated rings. The summed E-state index contributed by atoms with van der Waals surface area (Å²) in [4.78, 5) is 14.2. The summed E-state index contributed by atoms with van der Waals surface area (Å²) in [5, 5.41) is 1.02. The van der Waals surface area contributed by atoms with E-state index in [1.54, 1.807) is 6.07 Å². The van der Waals surface area contributed by atoms with E-state index in [2.05, 4.69) is 17.5 Å². The van der Waals surface area contributed by atoms with E-state index in [0.29, 0.717) is 10.3 Å². The number of esters is 1. The first-order valence-corrected chi connectivity index (χ1v) is 7.27. The van der Waals surface area contributed by atoms with Crippen LogP contribution in [0.1, 0.15) is 24.4 Å². The highest BCUT2D eigenvalue weighted by Crippen LogP contribution is 2.31. The molecular formula is C14H18ClNO2S. The molecule has 0 radical (unpaired) electrons. The first kappa shape index (κ1) is 14.7. The summed E-state index contributed by atoms with van der Waals surface area (Å²) in [5.41, 5.74) is 0.814. The van der Waals surface area contributed by atoms with Gasteiger partial charge in [0, 0.05) is 23.4 Å². The molecule has 1 aromatic rings. The number of ether oxygens (including phenoxy) is 1. The van der Waals surface area contributed by atoms with Crippen LogP contribution in [0.15, 0.2) is 24.3 Å². The van der Waals surface area contributed by atoms with Crippen molar-refractivity contribution in [2.75, 3.05) is 20.2 Å². The van der Waals surface area contributed by atoms with Gasteiger partial charge in [-0.1, -0.05) is 29.8 Å². The molecule has 0 saturated carbocycles. The van der Waals surface area contributed by atoms with Crippen molar-refractivity contribution in [3.8, 4) is 0 Å². The SMILES string of the molecule is COC(=O)C(c1ccccc1Cl)N1CCC(S)CC1. The summed E-state index contributed by atoms with van der Waals surface area (Å²) in [6, 6.07) is 7.02.